The Morgan fingerprint density at radius 3 is 2.50 bits per heavy atom. The Balaban J connectivity index is 1.32. The molecule has 1 aromatic heterocycles. The lowest BCUT2D eigenvalue weighted by atomic mass is 10.3. The summed E-state index contributed by atoms with van der Waals surface area (Å²) in [5, 5.41) is 2.05. The van der Waals surface area contributed by atoms with Crippen LogP contribution < -0.4 is 4.74 Å². The minimum atomic E-state index is 0.194. The van der Waals surface area contributed by atoms with E-state index in [1.807, 2.05) is 53.7 Å². The minimum Gasteiger partial charge on any atom is -0.492 e. The molecule has 1 fully saturated rings. The van der Waals surface area contributed by atoms with Gasteiger partial charge in [-0.3, -0.25) is 14.6 Å². The number of piperazine rings is 1. The highest BCUT2D eigenvalue weighted by molar-refractivity contribution is 7.09. The average molecular weight is 374 g/mol. The van der Waals surface area contributed by atoms with Crippen molar-refractivity contribution in [1.82, 2.24) is 14.7 Å². The lowest BCUT2D eigenvalue weighted by Gasteiger charge is -2.34. The molecule has 1 amide bonds. The fourth-order valence-corrected chi connectivity index (χ4v) is 3.77. The maximum Gasteiger partial charge on any atom is 0.236 e. The molecule has 1 aromatic carbocycles. The van der Waals surface area contributed by atoms with Crippen LogP contribution >= 0.6 is 11.3 Å². The number of benzene rings is 1. The molecule has 140 valence electrons. The molecule has 0 aliphatic carbocycles. The van der Waals surface area contributed by atoms with Crippen LogP contribution in [-0.4, -0.2) is 73.5 Å². The van der Waals surface area contributed by atoms with Gasteiger partial charge in [0.25, 0.3) is 0 Å². The van der Waals surface area contributed by atoms with Crippen molar-refractivity contribution in [3.8, 4) is 5.75 Å². The van der Waals surface area contributed by atoms with Gasteiger partial charge >= 0.3 is 0 Å². The van der Waals surface area contributed by atoms with Crippen LogP contribution in [0.2, 0.25) is 0 Å². The van der Waals surface area contributed by atoms with Crippen molar-refractivity contribution < 1.29 is 9.53 Å². The Kier molecular flexibility index (Phi) is 7.05. The third-order valence-corrected chi connectivity index (χ3v) is 5.50. The van der Waals surface area contributed by atoms with Gasteiger partial charge in [0.2, 0.25) is 5.91 Å². The third kappa shape index (κ3) is 5.83. The summed E-state index contributed by atoms with van der Waals surface area (Å²) in [6, 6.07) is 14.0. The Hall–Kier alpha value is -1.89. The van der Waals surface area contributed by atoms with Crippen LogP contribution in [0.4, 0.5) is 0 Å². The molecule has 1 aliphatic rings. The Morgan fingerprint density at radius 2 is 1.81 bits per heavy atom. The van der Waals surface area contributed by atoms with Crippen molar-refractivity contribution in [2.45, 2.75) is 6.54 Å². The molecule has 0 unspecified atom stereocenters. The molecule has 0 bridgehead atoms. The quantitative estimate of drug-likeness (QED) is 0.712. The zero-order chi connectivity index (χ0) is 18.2. The van der Waals surface area contributed by atoms with Gasteiger partial charge in [0.05, 0.1) is 13.1 Å². The highest BCUT2D eigenvalue weighted by Crippen LogP contribution is 2.12. The van der Waals surface area contributed by atoms with E-state index in [0.717, 1.165) is 38.5 Å². The fourth-order valence-electron chi connectivity index (χ4n) is 3.02. The number of ether oxygens (including phenoxy) is 1. The van der Waals surface area contributed by atoms with Crippen molar-refractivity contribution in [3.63, 3.8) is 0 Å². The molecule has 0 N–H and O–H groups in total. The van der Waals surface area contributed by atoms with Gasteiger partial charge in [-0.2, -0.15) is 0 Å². The number of hydrogen-bond acceptors (Lipinski definition) is 5. The molecular weight excluding hydrogens is 346 g/mol. The molecule has 0 spiro atoms. The predicted molar refractivity (Wildman–Crippen MR) is 106 cm³/mol. The number of thiophene rings is 1. The zero-order valence-corrected chi connectivity index (χ0v) is 16.2. The second kappa shape index (κ2) is 9.71. The van der Waals surface area contributed by atoms with Crippen molar-refractivity contribution in [2.75, 3.05) is 52.9 Å². The first-order valence-corrected chi connectivity index (χ1v) is 9.97. The van der Waals surface area contributed by atoms with E-state index in [2.05, 4.69) is 15.9 Å². The fraction of sp³-hybridized carbons (Fsp3) is 0.450. The molecule has 5 nitrogen and oxygen atoms in total. The molecule has 1 saturated heterocycles. The van der Waals surface area contributed by atoms with Crippen LogP contribution in [0.25, 0.3) is 0 Å². The van der Waals surface area contributed by atoms with E-state index >= 15 is 0 Å². The highest BCUT2D eigenvalue weighted by atomic mass is 32.1. The van der Waals surface area contributed by atoms with Gasteiger partial charge in [-0.25, -0.2) is 0 Å². The van der Waals surface area contributed by atoms with Gasteiger partial charge in [-0.15, -0.1) is 11.3 Å². The summed E-state index contributed by atoms with van der Waals surface area (Å²) in [6.45, 7) is 6.68. The Labute approximate surface area is 159 Å². The molecule has 26 heavy (non-hydrogen) atoms. The second-order valence-corrected chi connectivity index (χ2v) is 7.64. The summed E-state index contributed by atoms with van der Waals surface area (Å²) in [5.41, 5.74) is 0. The number of nitrogens with zero attached hydrogens (tertiary/aromatic N) is 3. The molecule has 2 aromatic rings. The first-order valence-electron chi connectivity index (χ1n) is 9.09. The third-order valence-electron chi connectivity index (χ3n) is 4.64. The number of carbonyl (C=O) groups excluding carboxylic acids is 1. The van der Waals surface area contributed by atoms with E-state index in [1.165, 1.54) is 4.88 Å². The van der Waals surface area contributed by atoms with Gasteiger partial charge in [0, 0.05) is 44.6 Å². The van der Waals surface area contributed by atoms with E-state index in [0.29, 0.717) is 19.7 Å². The molecule has 0 radical (unpaired) electrons. The van der Waals surface area contributed by atoms with E-state index in [4.69, 9.17) is 4.74 Å². The molecule has 0 saturated carbocycles. The number of likely N-dealkylation sites (N-methyl/N-ethyl adjacent to an activating group) is 1. The van der Waals surface area contributed by atoms with Gasteiger partial charge < -0.3 is 9.64 Å². The monoisotopic (exact) mass is 373 g/mol. The number of amides is 1. The number of hydrogen-bond donors (Lipinski definition) is 0. The number of rotatable bonds is 8. The summed E-state index contributed by atoms with van der Waals surface area (Å²) in [7, 11) is 1.89. The van der Waals surface area contributed by atoms with Gasteiger partial charge in [0.15, 0.2) is 0 Å². The summed E-state index contributed by atoms with van der Waals surface area (Å²) < 4.78 is 5.77. The SMILES string of the molecule is CN(Cc1cccs1)C(=O)CN1CCN(CCOc2ccccc2)CC1. The van der Waals surface area contributed by atoms with E-state index in [-0.39, 0.29) is 5.91 Å². The molecule has 2 heterocycles. The maximum atomic E-state index is 12.4. The smallest absolute Gasteiger partial charge is 0.236 e. The molecular formula is C20H27N3O2S. The lowest BCUT2D eigenvalue weighted by molar-refractivity contribution is -0.132. The largest absolute Gasteiger partial charge is 0.492 e. The van der Waals surface area contributed by atoms with E-state index in [1.54, 1.807) is 11.3 Å². The van der Waals surface area contributed by atoms with Gasteiger partial charge in [0.1, 0.15) is 12.4 Å². The van der Waals surface area contributed by atoms with Gasteiger partial charge in [-0.1, -0.05) is 24.3 Å². The Morgan fingerprint density at radius 1 is 1.08 bits per heavy atom. The van der Waals surface area contributed by atoms with Crippen LogP contribution in [0.3, 0.4) is 0 Å². The summed E-state index contributed by atoms with van der Waals surface area (Å²) in [4.78, 5) is 20.1. The summed E-state index contributed by atoms with van der Waals surface area (Å²) in [6.07, 6.45) is 0. The minimum absolute atomic E-state index is 0.194. The average Bonchev–Trinajstić information content (AvgIpc) is 3.17. The standard InChI is InChI=1S/C20H27N3O2S/c1-21(16-19-8-5-15-26-19)20(24)17-23-11-9-22(10-12-23)13-14-25-18-6-3-2-4-7-18/h2-8,15H,9-14,16-17H2,1H3. The van der Waals surface area contributed by atoms with Crippen molar-refractivity contribution in [3.05, 3.63) is 52.7 Å². The zero-order valence-electron chi connectivity index (χ0n) is 15.3. The molecule has 6 heteroatoms. The van der Waals surface area contributed by atoms with Crippen molar-refractivity contribution in [2.24, 2.45) is 0 Å². The van der Waals surface area contributed by atoms with Crippen molar-refractivity contribution in [1.29, 1.82) is 0 Å². The van der Waals surface area contributed by atoms with Crippen LogP contribution in [0.5, 0.6) is 5.75 Å². The molecule has 1 aliphatic heterocycles. The topological polar surface area (TPSA) is 36.0 Å². The number of para-hydroxylation sites is 1. The van der Waals surface area contributed by atoms with E-state index in [9.17, 15) is 4.79 Å². The van der Waals surface area contributed by atoms with Crippen molar-refractivity contribution >= 4 is 17.2 Å². The van der Waals surface area contributed by atoms with Crippen LogP contribution in [-0.2, 0) is 11.3 Å². The molecule has 0 atom stereocenters. The lowest BCUT2D eigenvalue weighted by Crippen LogP contribution is -2.50. The predicted octanol–water partition coefficient (Wildman–Crippen LogP) is 2.40. The van der Waals surface area contributed by atoms with Crippen LogP contribution in [0, 0.1) is 0 Å². The second-order valence-electron chi connectivity index (χ2n) is 6.61. The first kappa shape index (κ1) is 18.9. The van der Waals surface area contributed by atoms with Gasteiger partial charge in [-0.05, 0) is 23.6 Å². The normalized spacial score (nSPS) is 15.7. The van der Waals surface area contributed by atoms with Crippen LogP contribution in [0.15, 0.2) is 47.8 Å². The summed E-state index contributed by atoms with van der Waals surface area (Å²) in [5.74, 6) is 1.12. The maximum absolute atomic E-state index is 12.4. The van der Waals surface area contributed by atoms with E-state index < -0.39 is 0 Å². The Bertz CT molecular complexity index is 655. The summed E-state index contributed by atoms with van der Waals surface area (Å²) >= 11 is 1.69. The highest BCUT2D eigenvalue weighted by Gasteiger charge is 2.20. The van der Waals surface area contributed by atoms with Crippen LogP contribution in [0.1, 0.15) is 4.88 Å². The number of carbonyl (C=O) groups is 1. The first-order chi connectivity index (χ1) is 12.7. The molecule has 3 rings (SSSR count).